The van der Waals surface area contributed by atoms with Gasteiger partial charge in [-0.15, -0.1) is 11.3 Å². The third-order valence-electron chi connectivity index (χ3n) is 2.22. The predicted octanol–water partition coefficient (Wildman–Crippen LogP) is 3.41. The monoisotopic (exact) mass is 300 g/mol. The number of hydrogen-bond acceptors (Lipinski definition) is 3. The number of aryl methyl sites for hydroxylation is 2. The van der Waals surface area contributed by atoms with E-state index in [2.05, 4.69) is 20.9 Å². The van der Waals surface area contributed by atoms with Crippen LogP contribution in [0.15, 0.2) is 28.9 Å². The minimum Gasteiger partial charge on any atom is -0.375 e. The summed E-state index contributed by atoms with van der Waals surface area (Å²) in [4.78, 5) is 5.22. The Morgan fingerprint density at radius 1 is 1.25 bits per heavy atom. The van der Waals surface area contributed by atoms with Crippen molar-refractivity contribution in [3.05, 3.63) is 45.1 Å². The van der Waals surface area contributed by atoms with E-state index in [1.165, 1.54) is 23.5 Å². The van der Waals surface area contributed by atoms with Crippen LogP contribution >= 0.6 is 27.3 Å². The highest BCUT2D eigenvalue weighted by molar-refractivity contribution is 9.10. The molecule has 2 aromatic rings. The van der Waals surface area contributed by atoms with Crippen LogP contribution in [0.1, 0.15) is 10.4 Å². The number of hydrogen-bond donors (Lipinski definition) is 1. The number of nitrogens with zero attached hydrogens (tertiary/aromatic N) is 1. The fraction of sp³-hybridized carbons (Fsp3) is 0.182. The molecular formula is C11H10BrFN2S. The van der Waals surface area contributed by atoms with E-state index in [1.54, 1.807) is 12.1 Å². The zero-order valence-corrected chi connectivity index (χ0v) is 10.8. The van der Waals surface area contributed by atoms with Crippen molar-refractivity contribution in [1.29, 1.82) is 0 Å². The van der Waals surface area contributed by atoms with Gasteiger partial charge in [-0.3, -0.25) is 0 Å². The number of nitrogens with two attached hydrogens (primary N) is 1. The number of thiazole rings is 1. The van der Waals surface area contributed by atoms with Crippen LogP contribution in [0.4, 0.5) is 9.52 Å². The van der Waals surface area contributed by atoms with E-state index in [0.29, 0.717) is 5.13 Å². The number of aromatic nitrogens is 1. The van der Waals surface area contributed by atoms with Crippen LogP contribution in [0.25, 0.3) is 0 Å². The van der Waals surface area contributed by atoms with Crippen molar-refractivity contribution in [2.75, 3.05) is 5.73 Å². The molecule has 2 N–H and O–H groups in total. The van der Waals surface area contributed by atoms with Gasteiger partial charge in [0, 0.05) is 4.88 Å². The molecule has 0 unspecified atom stereocenters. The Morgan fingerprint density at radius 2 is 1.94 bits per heavy atom. The summed E-state index contributed by atoms with van der Waals surface area (Å²) >= 11 is 4.84. The Hall–Kier alpha value is -0.940. The van der Waals surface area contributed by atoms with E-state index in [-0.39, 0.29) is 5.82 Å². The molecule has 0 spiro atoms. The maximum absolute atomic E-state index is 12.7. The van der Waals surface area contributed by atoms with Gasteiger partial charge in [0.05, 0.1) is 0 Å². The lowest BCUT2D eigenvalue weighted by Gasteiger charge is -1.99. The summed E-state index contributed by atoms with van der Waals surface area (Å²) in [6, 6.07) is 6.55. The first kappa shape index (κ1) is 11.5. The fourth-order valence-electron chi connectivity index (χ4n) is 1.41. The van der Waals surface area contributed by atoms with Crippen molar-refractivity contribution in [1.82, 2.24) is 4.98 Å². The molecule has 0 radical (unpaired) electrons. The second-order valence-electron chi connectivity index (χ2n) is 3.39. The normalized spacial score (nSPS) is 10.6. The topological polar surface area (TPSA) is 38.9 Å². The Kier molecular flexibility index (Phi) is 3.56. The summed E-state index contributed by atoms with van der Waals surface area (Å²) in [7, 11) is 0. The van der Waals surface area contributed by atoms with Gasteiger partial charge in [0.25, 0.3) is 0 Å². The van der Waals surface area contributed by atoms with Gasteiger partial charge < -0.3 is 5.73 Å². The fourth-order valence-corrected chi connectivity index (χ4v) is 2.89. The largest absolute Gasteiger partial charge is 0.375 e. The van der Waals surface area contributed by atoms with E-state index < -0.39 is 0 Å². The van der Waals surface area contributed by atoms with Gasteiger partial charge >= 0.3 is 0 Å². The lowest BCUT2D eigenvalue weighted by molar-refractivity contribution is 0.627. The van der Waals surface area contributed by atoms with Crippen molar-refractivity contribution in [2.45, 2.75) is 12.8 Å². The second-order valence-corrected chi connectivity index (χ2v) is 5.26. The standard InChI is InChI=1S/C11H10BrFN2S/c12-10-9(16-11(14)15-10)6-3-7-1-4-8(13)5-2-7/h1-2,4-5H,3,6H2,(H2,14,15). The Morgan fingerprint density at radius 3 is 2.50 bits per heavy atom. The van der Waals surface area contributed by atoms with E-state index in [9.17, 15) is 4.39 Å². The summed E-state index contributed by atoms with van der Waals surface area (Å²) in [5.74, 6) is -0.202. The van der Waals surface area contributed by atoms with Crippen molar-refractivity contribution >= 4 is 32.4 Å². The smallest absolute Gasteiger partial charge is 0.181 e. The van der Waals surface area contributed by atoms with Crippen LogP contribution in [0.5, 0.6) is 0 Å². The molecule has 84 valence electrons. The second kappa shape index (κ2) is 4.93. The highest BCUT2D eigenvalue weighted by Gasteiger charge is 2.06. The van der Waals surface area contributed by atoms with Crippen LogP contribution in [-0.2, 0) is 12.8 Å². The molecule has 2 rings (SSSR count). The quantitative estimate of drug-likeness (QED) is 0.943. The van der Waals surface area contributed by atoms with Gasteiger partial charge in [-0.05, 0) is 46.5 Å². The van der Waals surface area contributed by atoms with Gasteiger partial charge in [-0.25, -0.2) is 9.37 Å². The highest BCUT2D eigenvalue weighted by Crippen LogP contribution is 2.26. The molecule has 0 amide bonds. The lowest BCUT2D eigenvalue weighted by atomic mass is 10.1. The molecule has 16 heavy (non-hydrogen) atoms. The minimum absolute atomic E-state index is 0.202. The molecule has 0 fully saturated rings. The summed E-state index contributed by atoms with van der Waals surface area (Å²) in [6.45, 7) is 0. The summed E-state index contributed by atoms with van der Waals surface area (Å²) in [5, 5.41) is 0.570. The van der Waals surface area contributed by atoms with Crippen LogP contribution in [0, 0.1) is 5.82 Å². The average molecular weight is 301 g/mol. The van der Waals surface area contributed by atoms with Gasteiger partial charge in [-0.1, -0.05) is 12.1 Å². The number of halogens is 2. The van der Waals surface area contributed by atoms with Crippen LogP contribution in [0.3, 0.4) is 0 Å². The molecule has 5 heteroatoms. The van der Waals surface area contributed by atoms with Crippen molar-refractivity contribution in [3.63, 3.8) is 0 Å². The number of rotatable bonds is 3. The molecule has 0 saturated carbocycles. The summed E-state index contributed by atoms with van der Waals surface area (Å²) in [6.07, 6.45) is 1.72. The first-order valence-corrected chi connectivity index (χ1v) is 6.41. The van der Waals surface area contributed by atoms with Crippen molar-refractivity contribution in [2.24, 2.45) is 0 Å². The number of anilines is 1. The van der Waals surface area contributed by atoms with E-state index in [4.69, 9.17) is 5.73 Å². The van der Waals surface area contributed by atoms with Crippen LogP contribution in [-0.4, -0.2) is 4.98 Å². The van der Waals surface area contributed by atoms with Crippen molar-refractivity contribution in [3.8, 4) is 0 Å². The SMILES string of the molecule is Nc1nc(Br)c(CCc2ccc(F)cc2)s1. The molecule has 0 aliphatic heterocycles. The average Bonchev–Trinajstić information content (AvgIpc) is 2.57. The predicted molar refractivity (Wildman–Crippen MR) is 68.0 cm³/mol. The summed E-state index contributed by atoms with van der Waals surface area (Å²) < 4.78 is 13.5. The van der Waals surface area contributed by atoms with E-state index >= 15 is 0 Å². The number of nitrogen functional groups attached to an aromatic ring is 1. The van der Waals surface area contributed by atoms with Gasteiger partial charge in [-0.2, -0.15) is 0 Å². The van der Waals surface area contributed by atoms with E-state index in [1.807, 2.05) is 0 Å². The molecule has 0 saturated heterocycles. The molecule has 0 atom stereocenters. The van der Waals surface area contributed by atoms with Gasteiger partial charge in [0.15, 0.2) is 5.13 Å². The Labute approximate surface area is 105 Å². The van der Waals surface area contributed by atoms with Crippen molar-refractivity contribution < 1.29 is 4.39 Å². The molecule has 0 aliphatic rings. The molecule has 1 aromatic carbocycles. The highest BCUT2D eigenvalue weighted by atomic mass is 79.9. The maximum atomic E-state index is 12.7. The Balaban J connectivity index is 2.02. The zero-order valence-electron chi connectivity index (χ0n) is 8.41. The molecule has 0 bridgehead atoms. The van der Waals surface area contributed by atoms with Gasteiger partial charge in [0.2, 0.25) is 0 Å². The van der Waals surface area contributed by atoms with Gasteiger partial charge in [0.1, 0.15) is 10.4 Å². The summed E-state index contributed by atoms with van der Waals surface area (Å²) in [5.41, 5.74) is 6.71. The molecule has 0 aliphatic carbocycles. The molecule has 2 nitrogen and oxygen atoms in total. The lowest BCUT2D eigenvalue weighted by Crippen LogP contribution is -1.89. The first-order valence-electron chi connectivity index (χ1n) is 4.80. The van der Waals surface area contributed by atoms with Crippen LogP contribution < -0.4 is 5.73 Å². The zero-order chi connectivity index (χ0) is 11.5. The minimum atomic E-state index is -0.202. The van der Waals surface area contributed by atoms with E-state index in [0.717, 1.165) is 27.9 Å². The first-order chi connectivity index (χ1) is 7.65. The molecule has 1 heterocycles. The maximum Gasteiger partial charge on any atom is 0.181 e. The molecule has 1 aromatic heterocycles. The molecular weight excluding hydrogens is 291 g/mol. The third-order valence-corrected chi connectivity index (χ3v) is 4.08. The Bertz CT molecular complexity index is 481. The number of benzene rings is 1. The van der Waals surface area contributed by atoms with Crippen LogP contribution in [0.2, 0.25) is 0 Å². The third kappa shape index (κ3) is 2.80.